The van der Waals surface area contributed by atoms with Crippen LogP contribution in [0.4, 0.5) is 5.82 Å². The van der Waals surface area contributed by atoms with Crippen LogP contribution in [-0.4, -0.2) is 14.5 Å². The van der Waals surface area contributed by atoms with E-state index in [-0.39, 0.29) is 0 Å². The molecular formula is C11H14N4. The van der Waals surface area contributed by atoms with Crippen molar-refractivity contribution in [2.75, 3.05) is 5.73 Å². The lowest BCUT2D eigenvalue weighted by atomic mass is 10.1. The van der Waals surface area contributed by atoms with Gasteiger partial charge in [-0.2, -0.15) is 0 Å². The second-order valence-corrected chi connectivity index (χ2v) is 3.78. The minimum Gasteiger partial charge on any atom is -0.384 e. The molecule has 2 N–H and O–H groups in total. The molecule has 0 spiro atoms. The highest BCUT2D eigenvalue weighted by molar-refractivity contribution is 5.38. The van der Waals surface area contributed by atoms with E-state index >= 15 is 0 Å². The zero-order chi connectivity index (χ0) is 10.8. The van der Waals surface area contributed by atoms with Gasteiger partial charge in [0.25, 0.3) is 0 Å². The fourth-order valence-corrected chi connectivity index (χ4v) is 1.49. The molecule has 78 valence electrons. The molecule has 0 aromatic carbocycles. The fraction of sp³-hybridized carbons (Fsp3) is 0.273. The van der Waals surface area contributed by atoms with Crippen molar-refractivity contribution >= 4 is 5.82 Å². The van der Waals surface area contributed by atoms with Crippen molar-refractivity contribution in [3.63, 3.8) is 0 Å². The van der Waals surface area contributed by atoms with Crippen molar-refractivity contribution in [2.45, 2.75) is 19.8 Å². The van der Waals surface area contributed by atoms with Crippen LogP contribution in [0.2, 0.25) is 0 Å². The molecule has 2 heterocycles. The van der Waals surface area contributed by atoms with Gasteiger partial charge in [0.2, 0.25) is 0 Å². The molecule has 4 nitrogen and oxygen atoms in total. The number of aromatic nitrogens is 3. The molecule has 0 radical (unpaired) electrons. The third kappa shape index (κ3) is 1.83. The van der Waals surface area contributed by atoms with E-state index < -0.39 is 0 Å². The van der Waals surface area contributed by atoms with Crippen LogP contribution in [0, 0.1) is 0 Å². The highest BCUT2D eigenvalue weighted by Gasteiger charge is 2.07. The predicted molar refractivity (Wildman–Crippen MR) is 59.9 cm³/mol. The van der Waals surface area contributed by atoms with Gasteiger partial charge in [-0.1, -0.05) is 13.8 Å². The predicted octanol–water partition coefficient (Wildman–Crippen LogP) is 1.97. The Morgan fingerprint density at radius 2 is 2.07 bits per heavy atom. The van der Waals surface area contributed by atoms with Gasteiger partial charge in [-0.25, -0.2) is 9.97 Å². The zero-order valence-corrected chi connectivity index (χ0v) is 8.88. The van der Waals surface area contributed by atoms with Crippen molar-refractivity contribution < 1.29 is 0 Å². The number of hydrogen-bond donors (Lipinski definition) is 1. The van der Waals surface area contributed by atoms with Crippen LogP contribution in [0.15, 0.2) is 30.9 Å². The lowest BCUT2D eigenvalue weighted by Crippen LogP contribution is -2.01. The van der Waals surface area contributed by atoms with E-state index in [1.807, 2.05) is 16.8 Å². The van der Waals surface area contributed by atoms with Gasteiger partial charge in [0.05, 0.1) is 18.2 Å². The maximum atomic E-state index is 5.54. The van der Waals surface area contributed by atoms with E-state index in [1.165, 1.54) is 5.69 Å². The Labute approximate surface area is 88.8 Å². The Bertz CT molecular complexity index is 442. The van der Waals surface area contributed by atoms with Crippen molar-refractivity contribution in [3.05, 3.63) is 36.5 Å². The Kier molecular flexibility index (Phi) is 2.41. The Morgan fingerprint density at radius 1 is 1.27 bits per heavy atom. The van der Waals surface area contributed by atoms with E-state index in [1.54, 1.807) is 18.6 Å². The van der Waals surface area contributed by atoms with Crippen molar-refractivity contribution in [1.82, 2.24) is 14.5 Å². The van der Waals surface area contributed by atoms with E-state index in [0.29, 0.717) is 11.7 Å². The topological polar surface area (TPSA) is 56.7 Å². The minimum atomic E-state index is 0.435. The van der Waals surface area contributed by atoms with Crippen molar-refractivity contribution in [1.29, 1.82) is 0 Å². The van der Waals surface area contributed by atoms with Crippen LogP contribution in [0.25, 0.3) is 5.69 Å². The molecule has 0 saturated heterocycles. The molecule has 0 atom stereocenters. The fourth-order valence-electron chi connectivity index (χ4n) is 1.49. The third-order valence-corrected chi connectivity index (χ3v) is 2.31. The van der Waals surface area contributed by atoms with Gasteiger partial charge in [-0.15, -0.1) is 0 Å². The molecule has 0 aliphatic rings. The standard InChI is InChI=1S/C11H14N4/c1-8(2)10-6-13-7-15(10)9-3-4-11(12)14-5-9/h3-8H,1-2H3,(H2,12,14). The van der Waals surface area contributed by atoms with Crippen LogP contribution in [0.1, 0.15) is 25.5 Å². The second-order valence-electron chi connectivity index (χ2n) is 3.78. The third-order valence-electron chi connectivity index (χ3n) is 2.31. The maximum Gasteiger partial charge on any atom is 0.123 e. The number of pyridine rings is 1. The lowest BCUT2D eigenvalue weighted by Gasteiger charge is -2.10. The molecule has 0 aliphatic carbocycles. The SMILES string of the molecule is CC(C)c1cncn1-c1ccc(N)nc1. The molecule has 0 fully saturated rings. The maximum absolute atomic E-state index is 5.54. The number of imidazole rings is 1. The van der Waals surface area contributed by atoms with E-state index in [0.717, 1.165) is 5.69 Å². The largest absolute Gasteiger partial charge is 0.384 e. The first kappa shape index (κ1) is 9.71. The molecule has 4 heteroatoms. The van der Waals surface area contributed by atoms with Gasteiger partial charge < -0.3 is 10.3 Å². The van der Waals surface area contributed by atoms with E-state index in [2.05, 4.69) is 23.8 Å². The summed E-state index contributed by atoms with van der Waals surface area (Å²) in [6, 6.07) is 3.73. The molecular weight excluding hydrogens is 188 g/mol. The molecule has 15 heavy (non-hydrogen) atoms. The first-order chi connectivity index (χ1) is 7.18. The molecule has 0 bridgehead atoms. The molecule has 0 amide bonds. The number of anilines is 1. The number of hydrogen-bond acceptors (Lipinski definition) is 3. The number of nitrogen functional groups attached to an aromatic ring is 1. The summed E-state index contributed by atoms with van der Waals surface area (Å²) >= 11 is 0. The summed E-state index contributed by atoms with van der Waals surface area (Å²) in [5.41, 5.74) is 7.70. The van der Waals surface area contributed by atoms with Crippen LogP contribution in [-0.2, 0) is 0 Å². The monoisotopic (exact) mass is 202 g/mol. The highest BCUT2D eigenvalue weighted by Crippen LogP contribution is 2.18. The van der Waals surface area contributed by atoms with E-state index in [4.69, 9.17) is 5.73 Å². The van der Waals surface area contributed by atoms with Gasteiger partial charge >= 0.3 is 0 Å². The smallest absolute Gasteiger partial charge is 0.123 e. The summed E-state index contributed by atoms with van der Waals surface area (Å²) in [6.45, 7) is 4.27. The van der Waals surface area contributed by atoms with Gasteiger partial charge in [0.1, 0.15) is 5.82 Å². The van der Waals surface area contributed by atoms with Gasteiger partial charge in [-0.05, 0) is 18.1 Å². The summed E-state index contributed by atoms with van der Waals surface area (Å²) in [6.07, 6.45) is 5.42. The molecule has 2 aromatic rings. The number of nitrogens with two attached hydrogens (primary N) is 1. The summed E-state index contributed by atoms with van der Waals surface area (Å²) in [5, 5.41) is 0. The van der Waals surface area contributed by atoms with E-state index in [9.17, 15) is 0 Å². The van der Waals surface area contributed by atoms with Gasteiger partial charge in [-0.3, -0.25) is 0 Å². The van der Waals surface area contributed by atoms with Gasteiger partial charge in [0, 0.05) is 11.9 Å². The summed E-state index contributed by atoms with van der Waals surface area (Å²) in [5.74, 6) is 0.968. The molecule has 2 rings (SSSR count). The minimum absolute atomic E-state index is 0.435. The van der Waals surface area contributed by atoms with Crippen LogP contribution in [0.5, 0.6) is 0 Å². The molecule has 2 aromatic heterocycles. The van der Waals surface area contributed by atoms with Crippen LogP contribution >= 0.6 is 0 Å². The van der Waals surface area contributed by atoms with Gasteiger partial charge in [0.15, 0.2) is 0 Å². The quantitative estimate of drug-likeness (QED) is 0.810. The average molecular weight is 202 g/mol. The average Bonchev–Trinajstić information content (AvgIpc) is 2.67. The zero-order valence-electron chi connectivity index (χ0n) is 8.88. The second kappa shape index (κ2) is 3.73. The summed E-state index contributed by atoms with van der Waals surface area (Å²) in [7, 11) is 0. The first-order valence-corrected chi connectivity index (χ1v) is 4.92. The summed E-state index contributed by atoms with van der Waals surface area (Å²) < 4.78 is 2.02. The number of nitrogens with zero attached hydrogens (tertiary/aromatic N) is 3. The Hall–Kier alpha value is -1.84. The lowest BCUT2D eigenvalue weighted by molar-refractivity contribution is 0.786. The first-order valence-electron chi connectivity index (χ1n) is 4.92. The van der Waals surface area contributed by atoms with Crippen LogP contribution < -0.4 is 5.73 Å². The molecule has 0 aliphatic heterocycles. The Balaban J connectivity index is 2.45. The van der Waals surface area contributed by atoms with Crippen molar-refractivity contribution in [2.24, 2.45) is 0 Å². The Morgan fingerprint density at radius 3 is 2.67 bits per heavy atom. The number of rotatable bonds is 2. The summed E-state index contributed by atoms with van der Waals surface area (Å²) in [4.78, 5) is 8.21. The van der Waals surface area contributed by atoms with Crippen LogP contribution in [0.3, 0.4) is 0 Å². The highest BCUT2D eigenvalue weighted by atomic mass is 15.1. The van der Waals surface area contributed by atoms with Crippen molar-refractivity contribution in [3.8, 4) is 5.69 Å². The molecule has 0 saturated carbocycles. The molecule has 0 unspecified atom stereocenters. The normalized spacial score (nSPS) is 10.9.